The monoisotopic (exact) mass is 463 g/mol. The number of non-ortho nitro benzene ring substituents is 1. The van der Waals surface area contributed by atoms with E-state index in [0.717, 1.165) is 5.56 Å². The Bertz CT molecular complexity index is 1320. The van der Waals surface area contributed by atoms with Gasteiger partial charge in [0, 0.05) is 30.4 Å². The second kappa shape index (κ2) is 9.25. The molecule has 0 radical (unpaired) electrons. The number of carbonyl (C=O) groups is 1. The van der Waals surface area contributed by atoms with E-state index in [9.17, 15) is 23.3 Å². The van der Waals surface area contributed by atoms with Crippen LogP contribution in [0.25, 0.3) is 6.08 Å². The Morgan fingerprint density at radius 3 is 2.45 bits per heavy atom. The van der Waals surface area contributed by atoms with Crippen LogP contribution >= 0.6 is 0 Å². The van der Waals surface area contributed by atoms with Gasteiger partial charge >= 0.3 is 0 Å². The molecule has 8 nitrogen and oxygen atoms in total. The summed E-state index contributed by atoms with van der Waals surface area (Å²) in [5.41, 5.74) is 2.66. The molecule has 3 aromatic rings. The van der Waals surface area contributed by atoms with Crippen LogP contribution in [0.15, 0.2) is 83.8 Å². The van der Waals surface area contributed by atoms with Crippen molar-refractivity contribution >= 4 is 39.1 Å². The molecule has 1 amide bonds. The summed E-state index contributed by atoms with van der Waals surface area (Å²) in [6.07, 6.45) is 4.29. The number of hydrogen-bond donors (Lipinski definition) is 1. The quantitative estimate of drug-likeness (QED) is 0.331. The number of hydrogen-bond acceptors (Lipinski definition) is 5. The van der Waals surface area contributed by atoms with E-state index in [2.05, 4.69) is 5.32 Å². The number of rotatable bonds is 6. The van der Waals surface area contributed by atoms with Crippen LogP contribution in [-0.4, -0.2) is 25.8 Å². The van der Waals surface area contributed by atoms with Gasteiger partial charge in [0.1, 0.15) is 0 Å². The molecule has 1 aliphatic heterocycles. The van der Waals surface area contributed by atoms with Crippen molar-refractivity contribution in [3.05, 3.63) is 100 Å². The number of carbonyl (C=O) groups excluding carboxylic acids is 1. The van der Waals surface area contributed by atoms with Gasteiger partial charge in [-0.05, 0) is 72.5 Å². The number of fused-ring (bicyclic) bond motifs is 1. The van der Waals surface area contributed by atoms with Crippen molar-refractivity contribution in [3.8, 4) is 0 Å². The van der Waals surface area contributed by atoms with Crippen LogP contribution in [0, 0.1) is 10.1 Å². The summed E-state index contributed by atoms with van der Waals surface area (Å²) in [6.45, 7) is 0.397. The zero-order chi connectivity index (χ0) is 23.4. The third-order valence-corrected chi connectivity index (χ3v) is 7.11. The molecule has 1 N–H and O–H groups in total. The summed E-state index contributed by atoms with van der Waals surface area (Å²) >= 11 is 0. The van der Waals surface area contributed by atoms with E-state index in [4.69, 9.17) is 0 Å². The Hall–Kier alpha value is -3.98. The molecule has 0 spiro atoms. The first kappa shape index (κ1) is 22.2. The molecule has 1 heterocycles. The summed E-state index contributed by atoms with van der Waals surface area (Å²) in [6, 6.07) is 19.4. The summed E-state index contributed by atoms with van der Waals surface area (Å²) in [5.74, 6) is -0.363. The zero-order valence-corrected chi connectivity index (χ0v) is 18.4. The lowest BCUT2D eigenvalue weighted by Crippen LogP contribution is -2.35. The van der Waals surface area contributed by atoms with Crippen molar-refractivity contribution in [1.29, 1.82) is 0 Å². The number of sulfonamides is 1. The Morgan fingerprint density at radius 1 is 1.03 bits per heavy atom. The normalized spacial score (nSPS) is 13.5. The number of anilines is 2. The highest BCUT2D eigenvalue weighted by atomic mass is 32.2. The molecule has 9 heteroatoms. The molecule has 0 atom stereocenters. The number of nitrogens with one attached hydrogen (secondary N) is 1. The fourth-order valence-corrected chi connectivity index (χ4v) is 5.23. The minimum absolute atomic E-state index is 0.0195. The Kier molecular flexibility index (Phi) is 6.23. The number of aryl methyl sites for hydroxylation is 1. The maximum absolute atomic E-state index is 13.1. The number of nitro groups is 1. The van der Waals surface area contributed by atoms with Crippen LogP contribution in [0.4, 0.5) is 17.1 Å². The molecule has 0 unspecified atom stereocenters. The van der Waals surface area contributed by atoms with Crippen molar-refractivity contribution in [3.63, 3.8) is 0 Å². The lowest BCUT2D eigenvalue weighted by atomic mass is 10.0. The average molecular weight is 464 g/mol. The molecule has 33 heavy (non-hydrogen) atoms. The lowest BCUT2D eigenvalue weighted by molar-refractivity contribution is -0.384. The van der Waals surface area contributed by atoms with E-state index in [1.165, 1.54) is 22.5 Å². The molecular weight excluding hydrogens is 442 g/mol. The van der Waals surface area contributed by atoms with Gasteiger partial charge in [-0.3, -0.25) is 19.2 Å². The number of benzene rings is 3. The van der Waals surface area contributed by atoms with Gasteiger partial charge in [0.15, 0.2) is 0 Å². The predicted molar refractivity (Wildman–Crippen MR) is 126 cm³/mol. The smallest absolute Gasteiger partial charge is 0.269 e. The molecule has 0 bridgehead atoms. The molecule has 1 aliphatic rings. The number of nitro benzene ring substituents is 1. The Balaban J connectivity index is 1.49. The van der Waals surface area contributed by atoms with E-state index in [0.29, 0.717) is 36.3 Å². The summed E-state index contributed by atoms with van der Waals surface area (Å²) in [5, 5.41) is 13.5. The average Bonchev–Trinajstić information content (AvgIpc) is 2.83. The van der Waals surface area contributed by atoms with E-state index in [1.54, 1.807) is 66.7 Å². The molecule has 3 aromatic carbocycles. The molecule has 0 aliphatic carbocycles. The van der Waals surface area contributed by atoms with Crippen molar-refractivity contribution in [1.82, 2.24) is 0 Å². The maximum atomic E-state index is 13.1. The fraction of sp³-hybridized carbons (Fsp3) is 0.125. The van der Waals surface area contributed by atoms with Crippen LogP contribution < -0.4 is 9.62 Å². The van der Waals surface area contributed by atoms with E-state index < -0.39 is 14.9 Å². The number of nitrogens with zero attached hydrogens (tertiary/aromatic N) is 2. The molecule has 0 saturated carbocycles. The third kappa shape index (κ3) is 4.93. The van der Waals surface area contributed by atoms with Gasteiger partial charge in [0.25, 0.3) is 15.7 Å². The Labute approximate surface area is 191 Å². The zero-order valence-electron chi connectivity index (χ0n) is 17.5. The van der Waals surface area contributed by atoms with E-state index in [1.807, 2.05) is 0 Å². The summed E-state index contributed by atoms with van der Waals surface area (Å²) in [4.78, 5) is 22.8. The van der Waals surface area contributed by atoms with Crippen LogP contribution in [0.1, 0.15) is 17.5 Å². The van der Waals surface area contributed by atoms with Crippen molar-refractivity contribution in [2.75, 3.05) is 16.2 Å². The first-order chi connectivity index (χ1) is 15.8. The molecule has 168 valence electrons. The molecule has 0 saturated heterocycles. The molecule has 0 aromatic heterocycles. The third-order valence-electron chi connectivity index (χ3n) is 5.29. The number of amides is 1. The predicted octanol–water partition coefficient (Wildman–Crippen LogP) is 4.39. The lowest BCUT2D eigenvalue weighted by Gasteiger charge is -2.30. The van der Waals surface area contributed by atoms with Crippen molar-refractivity contribution in [2.45, 2.75) is 17.7 Å². The van der Waals surface area contributed by atoms with Gasteiger partial charge in [-0.1, -0.05) is 18.2 Å². The van der Waals surface area contributed by atoms with E-state index >= 15 is 0 Å². The molecule has 0 fully saturated rings. The fourth-order valence-electron chi connectivity index (χ4n) is 3.67. The minimum atomic E-state index is -3.67. The summed E-state index contributed by atoms with van der Waals surface area (Å²) < 4.78 is 27.6. The van der Waals surface area contributed by atoms with Gasteiger partial charge in [-0.25, -0.2) is 8.42 Å². The largest absolute Gasteiger partial charge is 0.323 e. The summed E-state index contributed by atoms with van der Waals surface area (Å²) in [7, 11) is -3.67. The first-order valence-electron chi connectivity index (χ1n) is 10.3. The highest BCUT2D eigenvalue weighted by Gasteiger charge is 2.29. The van der Waals surface area contributed by atoms with Gasteiger partial charge in [-0.15, -0.1) is 0 Å². The van der Waals surface area contributed by atoms with Crippen molar-refractivity contribution < 1.29 is 18.1 Å². The van der Waals surface area contributed by atoms with Crippen LogP contribution in [0.3, 0.4) is 0 Å². The second-order valence-electron chi connectivity index (χ2n) is 7.51. The minimum Gasteiger partial charge on any atom is -0.323 e. The SMILES string of the molecule is O=C(/C=C/c1ccc([N+](=O)[O-])cc1)Nc1ccc2c(c1)CCCN2S(=O)(=O)c1ccccc1. The Morgan fingerprint density at radius 2 is 1.76 bits per heavy atom. The highest BCUT2D eigenvalue weighted by Crippen LogP contribution is 2.33. The van der Waals surface area contributed by atoms with Gasteiger partial charge < -0.3 is 5.32 Å². The maximum Gasteiger partial charge on any atom is 0.269 e. The van der Waals surface area contributed by atoms with Gasteiger partial charge in [0.2, 0.25) is 5.91 Å². The second-order valence-corrected chi connectivity index (χ2v) is 9.37. The first-order valence-corrected chi connectivity index (χ1v) is 11.7. The molecule has 4 rings (SSSR count). The van der Waals surface area contributed by atoms with Gasteiger partial charge in [0.05, 0.1) is 15.5 Å². The van der Waals surface area contributed by atoms with Crippen LogP contribution in [0.5, 0.6) is 0 Å². The van der Waals surface area contributed by atoms with Crippen molar-refractivity contribution in [2.24, 2.45) is 0 Å². The standard InChI is InChI=1S/C24H21N3O5S/c28-24(15-10-18-8-12-21(13-9-18)27(29)30)25-20-11-14-23-19(17-20)5-4-16-26(23)33(31,32)22-6-2-1-3-7-22/h1-3,6-15,17H,4-5,16H2,(H,25,28)/b15-10+. The van der Waals surface area contributed by atoms with Crippen LogP contribution in [0.2, 0.25) is 0 Å². The van der Waals surface area contributed by atoms with E-state index in [-0.39, 0.29) is 16.5 Å². The van der Waals surface area contributed by atoms with Crippen LogP contribution in [-0.2, 0) is 21.2 Å². The highest BCUT2D eigenvalue weighted by molar-refractivity contribution is 7.92. The van der Waals surface area contributed by atoms with Gasteiger partial charge in [-0.2, -0.15) is 0 Å². The molecular formula is C24H21N3O5S. The topological polar surface area (TPSA) is 110 Å².